The number of aryl methyl sites for hydroxylation is 1. The number of hydrogen-bond acceptors (Lipinski definition) is 5. The average Bonchev–Trinajstić information content (AvgIpc) is 3.55. The lowest BCUT2D eigenvalue weighted by Crippen LogP contribution is -2.07. The standard InChI is InChI=1S/C25H17ClF3NO3.C18H15ClF2O3/c1-14-5-9-23(30(14)16-7-8-22(29)17(12-16)25(31)32)18-11-15(26)6-10-24(18)33-13-19-20(27)3-2-4-21(19)28;1-11(22)5-7-17(23)13-9-12(19)6-8-18(13)24-10-14-15(20)3-2-4-16(14)21/h2-12H,13H2,1H3,(H,31,32);2-4,6,8-9H,5,7,10H2,1H3. The van der Waals surface area contributed by atoms with Crippen LogP contribution in [0.3, 0.4) is 0 Å². The van der Waals surface area contributed by atoms with E-state index in [1.165, 1.54) is 49.4 Å². The SMILES string of the molecule is CC(=O)CCC(=O)c1cc(Cl)ccc1OCc1c(F)cccc1F.Cc1ccc(-c2cc(Cl)ccc2OCc2c(F)cccc2F)n1-c1ccc(F)c(C(=O)O)c1. The molecule has 57 heavy (non-hydrogen) atoms. The molecule has 0 aliphatic heterocycles. The second-order valence-corrected chi connectivity index (χ2v) is 13.4. The molecule has 14 heteroatoms. The zero-order valence-corrected chi connectivity index (χ0v) is 31.7. The summed E-state index contributed by atoms with van der Waals surface area (Å²) in [6, 6.07) is 23.6. The summed E-state index contributed by atoms with van der Waals surface area (Å²) in [5, 5.41) is 10.0. The number of ether oxygens (including phenoxy) is 2. The quantitative estimate of drug-likeness (QED) is 0.0921. The maximum absolute atomic E-state index is 14.0. The molecule has 1 N–H and O–H groups in total. The lowest BCUT2D eigenvalue weighted by atomic mass is 10.0. The van der Waals surface area contributed by atoms with E-state index >= 15 is 0 Å². The maximum Gasteiger partial charge on any atom is 0.338 e. The van der Waals surface area contributed by atoms with Crippen LogP contribution < -0.4 is 9.47 Å². The van der Waals surface area contributed by atoms with Crippen molar-refractivity contribution in [3.05, 3.63) is 170 Å². The summed E-state index contributed by atoms with van der Waals surface area (Å²) in [5.41, 5.74) is 1.50. The molecule has 6 aromatic rings. The predicted octanol–water partition coefficient (Wildman–Crippen LogP) is 11.5. The summed E-state index contributed by atoms with van der Waals surface area (Å²) in [4.78, 5) is 34.7. The first-order valence-corrected chi connectivity index (χ1v) is 17.8. The maximum atomic E-state index is 14.0. The van der Waals surface area contributed by atoms with Gasteiger partial charge in [-0.3, -0.25) is 4.79 Å². The van der Waals surface area contributed by atoms with Crippen LogP contribution in [0.2, 0.25) is 10.0 Å². The average molecular weight is 825 g/mol. The Morgan fingerprint density at radius 3 is 1.74 bits per heavy atom. The number of carbonyl (C=O) groups excluding carboxylic acids is 2. The Bertz CT molecular complexity index is 2430. The number of nitrogens with zero attached hydrogens (tertiary/aromatic N) is 1. The van der Waals surface area contributed by atoms with Crippen molar-refractivity contribution in [3.63, 3.8) is 0 Å². The van der Waals surface area contributed by atoms with Crippen LogP contribution in [-0.2, 0) is 18.0 Å². The van der Waals surface area contributed by atoms with E-state index < -0.39 is 40.6 Å². The number of carboxylic acid groups (broad SMARTS) is 1. The molecule has 0 radical (unpaired) electrons. The number of benzene rings is 5. The van der Waals surface area contributed by atoms with E-state index in [-0.39, 0.29) is 60.1 Å². The van der Waals surface area contributed by atoms with Gasteiger partial charge in [-0.25, -0.2) is 26.7 Å². The van der Waals surface area contributed by atoms with Gasteiger partial charge in [0.15, 0.2) is 5.78 Å². The molecule has 1 aromatic heterocycles. The molecule has 0 aliphatic carbocycles. The number of Topliss-reactive ketones (excluding diaryl/α,β-unsaturated/α-hetero) is 2. The van der Waals surface area contributed by atoms with E-state index in [0.29, 0.717) is 32.7 Å². The zero-order chi connectivity index (χ0) is 41.4. The van der Waals surface area contributed by atoms with Gasteiger partial charge in [-0.2, -0.15) is 0 Å². The summed E-state index contributed by atoms with van der Waals surface area (Å²) in [6.07, 6.45) is 0.118. The number of halogens is 7. The molecule has 0 unspecified atom stereocenters. The Labute approximate surface area is 333 Å². The number of aromatic nitrogens is 1. The normalized spacial score (nSPS) is 10.8. The van der Waals surface area contributed by atoms with Gasteiger partial charge in [-0.15, -0.1) is 0 Å². The zero-order valence-electron chi connectivity index (χ0n) is 30.2. The molecule has 1 heterocycles. The van der Waals surface area contributed by atoms with Crippen molar-refractivity contribution in [1.29, 1.82) is 0 Å². The highest BCUT2D eigenvalue weighted by molar-refractivity contribution is 6.31. The minimum atomic E-state index is -1.39. The van der Waals surface area contributed by atoms with Crippen molar-refractivity contribution in [1.82, 2.24) is 4.57 Å². The van der Waals surface area contributed by atoms with Crippen LogP contribution in [0.25, 0.3) is 16.9 Å². The summed E-state index contributed by atoms with van der Waals surface area (Å²) < 4.78 is 82.2. The summed E-state index contributed by atoms with van der Waals surface area (Å²) in [7, 11) is 0. The molecule has 0 fully saturated rings. The van der Waals surface area contributed by atoms with Gasteiger partial charge in [0.05, 0.1) is 27.9 Å². The van der Waals surface area contributed by atoms with E-state index in [9.17, 15) is 41.4 Å². The highest BCUT2D eigenvalue weighted by Crippen LogP contribution is 2.37. The summed E-state index contributed by atoms with van der Waals surface area (Å²) >= 11 is 12.1. The summed E-state index contributed by atoms with van der Waals surface area (Å²) in [5.74, 6) is -5.11. The number of carboxylic acids is 1. The largest absolute Gasteiger partial charge is 0.488 e. The molecule has 0 aliphatic rings. The molecule has 0 saturated carbocycles. The number of carbonyl (C=O) groups is 3. The molecular weight excluding hydrogens is 792 g/mol. The number of aromatic carboxylic acids is 1. The van der Waals surface area contributed by atoms with Gasteiger partial charge >= 0.3 is 5.97 Å². The second kappa shape index (κ2) is 18.8. The lowest BCUT2D eigenvalue weighted by molar-refractivity contribution is -0.117. The van der Waals surface area contributed by atoms with Crippen LogP contribution in [0.1, 0.15) is 57.3 Å². The van der Waals surface area contributed by atoms with E-state index in [1.54, 1.807) is 41.8 Å². The van der Waals surface area contributed by atoms with Crippen LogP contribution >= 0.6 is 23.2 Å². The first kappa shape index (κ1) is 42.2. The van der Waals surface area contributed by atoms with Crippen LogP contribution in [0.4, 0.5) is 22.0 Å². The number of ketones is 2. The van der Waals surface area contributed by atoms with Crippen molar-refractivity contribution in [3.8, 4) is 28.4 Å². The van der Waals surface area contributed by atoms with Crippen LogP contribution in [0.15, 0.2) is 103 Å². The number of rotatable bonds is 13. The fraction of sp³-hybridized carbons (Fsp3) is 0.140. The Balaban J connectivity index is 0.000000230. The van der Waals surface area contributed by atoms with Crippen LogP contribution in [0, 0.1) is 36.0 Å². The van der Waals surface area contributed by atoms with E-state index in [0.717, 1.165) is 36.0 Å². The van der Waals surface area contributed by atoms with Crippen LogP contribution in [0.5, 0.6) is 11.5 Å². The smallest absolute Gasteiger partial charge is 0.338 e. The monoisotopic (exact) mass is 823 g/mol. The fourth-order valence-electron chi connectivity index (χ4n) is 5.65. The van der Waals surface area contributed by atoms with Gasteiger partial charge in [0, 0.05) is 39.8 Å². The molecule has 0 atom stereocenters. The van der Waals surface area contributed by atoms with Crippen molar-refractivity contribution < 1.29 is 50.9 Å². The summed E-state index contributed by atoms with van der Waals surface area (Å²) in [6.45, 7) is 2.47. The predicted molar refractivity (Wildman–Crippen MR) is 205 cm³/mol. The van der Waals surface area contributed by atoms with Gasteiger partial charge < -0.3 is 23.9 Å². The molecule has 7 nitrogen and oxygen atoms in total. The van der Waals surface area contributed by atoms with Crippen molar-refractivity contribution >= 4 is 40.7 Å². The third kappa shape index (κ3) is 10.5. The van der Waals surface area contributed by atoms with Gasteiger partial charge in [0.2, 0.25) is 0 Å². The Morgan fingerprint density at radius 2 is 1.18 bits per heavy atom. The molecule has 0 bridgehead atoms. The van der Waals surface area contributed by atoms with Gasteiger partial charge in [-0.05, 0) is 105 Å². The Hall–Kier alpha value is -5.98. The highest BCUT2D eigenvalue weighted by atomic mass is 35.5. The van der Waals surface area contributed by atoms with Crippen molar-refractivity contribution in [2.24, 2.45) is 0 Å². The molecule has 5 aromatic carbocycles. The lowest BCUT2D eigenvalue weighted by Gasteiger charge is -2.17. The molecule has 294 valence electrons. The Kier molecular flexibility index (Phi) is 13.9. The van der Waals surface area contributed by atoms with Crippen molar-refractivity contribution in [2.75, 3.05) is 0 Å². The molecular formula is C43H32Cl2F5NO6. The van der Waals surface area contributed by atoms with E-state index in [1.807, 2.05) is 0 Å². The fourth-order valence-corrected chi connectivity index (χ4v) is 5.99. The minimum absolute atomic E-state index is 0.0140. The van der Waals surface area contributed by atoms with Gasteiger partial charge in [-0.1, -0.05) is 35.3 Å². The van der Waals surface area contributed by atoms with E-state index in [4.69, 9.17) is 32.7 Å². The van der Waals surface area contributed by atoms with Crippen molar-refractivity contribution in [2.45, 2.75) is 39.9 Å². The van der Waals surface area contributed by atoms with Gasteiger partial charge in [0.25, 0.3) is 0 Å². The molecule has 0 saturated heterocycles. The number of hydrogen-bond donors (Lipinski definition) is 1. The van der Waals surface area contributed by atoms with E-state index in [2.05, 4.69) is 0 Å². The first-order valence-electron chi connectivity index (χ1n) is 17.1. The first-order chi connectivity index (χ1) is 27.1. The highest BCUT2D eigenvalue weighted by Gasteiger charge is 2.20. The minimum Gasteiger partial charge on any atom is -0.488 e. The second-order valence-electron chi connectivity index (χ2n) is 12.5. The topological polar surface area (TPSA) is 94.8 Å². The molecule has 0 amide bonds. The third-order valence-corrected chi connectivity index (χ3v) is 9.02. The van der Waals surface area contributed by atoms with Gasteiger partial charge in [0.1, 0.15) is 59.6 Å². The molecule has 0 spiro atoms. The third-order valence-electron chi connectivity index (χ3n) is 8.55. The molecule has 6 rings (SSSR count). The van der Waals surface area contributed by atoms with Crippen LogP contribution in [-0.4, -0.2) is 27.2 Å². The Morgan fingerprint density at radius 1 is 0.632 bits per heavy atom.